The number of ether oxygens (including phenoxy) is 1. The van der Waals surface area contributed by atoms with Crippen molar-refractivity contribution in [3.05, 3.63) is 53.6 Å². The minimum Gasteiger partial charge on any atom is -0.487 e. The summed E-state index contributed by atoms with van der Waals surface area (Å²) >= 11 is 0. The quantitative estimate of drug-likeness (QED) is 0.868. The van der Waals surface area contributed by atoms with Crippen molar-refractivity contribution in [3.63, 3.8) is 0 Å². The Balaban J connectivity index is 1.95. The van der Waals surface area contributed by atoms with Gasteiger partial charge in [-0.05, 0) is 24.7 Å². The van der Waals surface area contributed by atoms with Crippen LogP contribution in [0.1, 0.15) is 23.9 Å². The van der Waals surface area contributed by atoms with E-state index < -0.39 is 0 Å². The molecule has 0 saturated heterocycles. The van der Waals surface area contributed by atoms with E-state index in [0.717, 1.165) is 24.3 Å². The topological polar surface area (TPSA) is 70.8 Å². The summed E-state index contributed by atoms with van der Waals surface area (Å²) in [4.78, 5) is 8.30. The molecule has 0 unspecified atom stereocenters. The fraction of sp³-hybridized carbons (Fsp3) is 0.267. The lowest BCUT2D eigenvalue weighted by Crippen LogP contribution is -2.12. The van der Waals surface area contributed by atoms with E-state index in [1.165, 1.54) is 0 Å². The molecule has 0 aliphatic heterocycles. The van der Waals surface area contributed by atoms with E-state index in [2.05, 4.69) is 22.2 Å². The van der Waals surface area contributed by atoms with Crippen molar-refractivity contribution >= 4 is 0 Å². The molecule has 20 heavy (non-hydrogen) atoms. The molecule has 0 atom stereocenters. The molecular weight excluding hydrogens is 252 g/mol. The third kappa shape index (κ3) is 3.77. The average Bonchev–Trinajstić information content (AvgIpc) is 2.52. The number of pyridine rings is 2. The van der Waals surface area contributed by atoms with Crippen molar-refractivity contribution in [2.24, 2.45) is 0 Å². The van der Waals surface area contributed by atoms with Gasteiger partial charge >= 0.3 is 0 Å². The maximum absolute atomic E-state index is 8.95. The van der Waals surface area contributed by atoms with Crippen molar-refractivity contribution < 1.29 is 4.74 Å². The van der Waals surface area contributed by atoms with Crippen molar-refractivity contribution in [1.82, 2.24) is 15.3 Å². The summed E-state index contributed by atoms with van der Waals surface area (Å²) in [5.41, 5.74) is 2.13. The highest BCUT2D eigenvalue weighted by atomic mass is 16.5. The fourth-order valence-electron chi connectivity index (χ4n) is 1.67. The largest absolute Gasteiger partial charge is 0.487 e. The van der Waals surface area contributed by atoms with Crippen LogP contribution in [0.3, 0.4) is 0 Å². The molecule has 0 aliphatic carbocycles. The lowest BCUT2D eigenvalue weighted by Gasteiger charge is -2.07. The summed E-state index contributed by atoms with van der Waals surface area (Å²) in [6, 6.07) is 9.47. The van der Waals surface area contributed by atoms with Crippen LogP contribution in [0.2, 0.25) is 0 Å². The normalized spacial score (nSPS) is 10.0. The van der Waals surface area contributed by atoms with Crippen LogP contribution in [-0.4, -0.2) is 16.5 Å². The van der Waals surface area contributed by atoms with Crippen molar-refractivity contribution in [2.45, 2.75) is 20.1 Å². The first-order valence-electron chi connectivity index (χ1n) is 6.46. The Morgan fingerprint density at radius 1 is 1.30 bits per heavy atom. The van der Waals surface area contributed by atoms with Crippen LogP contribution >= 0.6 is 0 Å². The van der Waals surface area contributed by atoms with Crippen LogP contribution in [-0.2, 0) is 13.2 Å². The van der Waals surface area contributed by atoms with E-state index in [9.17, 15) is 0 Å². The molecule has 0 radical (unpaired) electrons. The first-order valence-corrected chi connectivity index (χ1v) is 6.46. The summed E-state index contributed by atoms with van der Waals surface area (Å²) in [7, 11) is 0. The highest BCUT2D eigenvalue weighted by Gasteiger charge is 2.03. The zero-order valence-corrected chi connectivity index (χ0v) is 11.3. The zero-order chi connectivity index (χ0) is 14.2. The first kappa shape index (κ1) is 14.0. The second kappa shape index (κ2) is 7.22. The van der Waals surface area contributed by atoms with Crippen LogP contribution in [0.5, 0.6) is 5.75 Å². The lowest BCUT2D eigenvalue weighted by atomic mass is 10.2. The van der Waals surface area contributed by atoms with E-state index >= 15 is 0 Å². The van der Waals surface area contributed by atoms with Gasteiger partial charge in [0.2, 0.25) is 0 Å². The Morgan fingerprint density at radius 2 is 2.20 bits per heavy atom. The van der Waals surface area contributed by atoms with Gasteiger partial charge in [0.1, 0.15) is 24.1 Å². The maximum atomic E-state index is 8.95. The Hall–Kier alpha value is -2.45. The second-order valence-electron chi connectivity index (χ2n) is 4.18. The van der Waals surface area contributed by atoms with Crippen LogP contribution in [0.25, 0.3) is 0 Å². The molecule has 2 heterocycles. The molecule has 0 bridgehead atoms. The Kier molecular flexibility index (Phi) is 5.04. The number of nitriles is 1. The number of nitrogens with one attached hydrogen (secondary N) is 1. The lowest BCUT2D eigenvalue weighted by molar-refractivity contribution is 0.304. The highest BCUT2D eigenvalue weighted by Crippen LogP contribution is 2.13. The standard InChI is InChI=1S/C15H16N4O/c1-2-17-9-13-5-6-14(10-19-13)20-11-12-4-3-7-18-15(12)8-16/h3-7,10,17H,2,9,11H2,1H3. The van der Waals surface area contributed by atoms with Gasteiger partial charge in [-0.1, -0.05) is 13.0 Å². The number of hydrogen-bond acceptors (Lipinski definition) is 5. The third-order valence-electron chi connectivity index (χ3n) is 2.75. The summed E-state index contributed by atoms with van der Waals surface area (Å²) in [5.74, 6) is 0.679. The van der Waals surface area contributed by atoms with Gasteiger partial charge in [0.25, 0.3) is 0 Å². The van der Waals surface area contributed by atoms with Crippen LogP contribution in [0.4, 0.5) is 0 Å². The van der Waals surface area contributed by atoms with Gasteiger partial charge < -0.3 is 10.1 Å². The van der Waals surface area contributed by atoms with Gasteiger partial charge in [0.15, 0.2) is 0 Å². The van der Waals surface area contributed by atoms with Crippen molar-refractivity contribution in [3.8, 4) is 11.8 Å². The smallest absolute Gasteiger partial charge is 0.147 e. The number of hydrogen-bond donors (Lipinski definition) is 1. The van der Waals surface area contributed by atoms with E-state index in [0.29, 0.717) is 18.1 Å². The Morgan fingerprint density at radius 3 is 2.90 bits per heavy atom. The number of aromatic nitrogens is 2. The molecule has 102 valence electrons. The average molecular weight is 268 g/mol. The molecule has 5 nitrogen and oxygen atoms in total. The van der Waals surface area contributed by atoms with Gasteiger partial charge in [0, 0.05) is 18.3 Å². The molecule has 0 spiro atoms. The molecule has 0 fully saturated rings. The summed E-state index contributed by atoms with van der Waals surface area (Å²) in [5, 5.41) is 12.2. The molecule has 0 aromatic carbocycles. The Labute approximate surface area is 118 Å². The monoisotopic (exact) mass is 268 g/mol. The summed E-state index contributed by atoms with van der Waals surface area (Å²) < 4.78 is 5.62. The summed E-state index contributed by atoms with van der Waals surface area (Å²) in [6.07, 6.45) is 3.29. The molecule has 0 aliphatic rings. The van der Waals surface area contributed by atoms with Crippen LogP contribution < -0.4 is 10.1 Å². The highest BCUT2D eigenvalue weighted by molar-refractivity contribution is 5.30. The fourth-order valence-corrected chi connectivity index (χ4v) is 1.67. The van der Waals surface area contributed by atoms with Gasteiger partial charge in [-0.2, -0.15) is 5.26 Å². The van der Waals surface area contributed by atoms with E-state index in [1.807, 2.05) is 24.3 Å². The van der Waals surface area contributed by atoms with Crippen molar-refractivity contribution in [2.75, 3.05) is 6.54 Å². The van der Waals surface area contributed by atoms with Crippen molar-refractivity contribution in [1.29, 1.82) is 5.26 Å². The summed E-state index contributed by atoms with van der Waals surface area (Å²) in [6.45, 7) is 4.03. The van der Waals surface area contributed by atoms with E-state index in [1.54, 1.807) is 18.5 Å². The number of rotatable bonds is 6. The third-order valence-corrected chi connectivity index (χ3v) is 2.75. The molecule has 2 rings (SSSR count). The predicted octanol–water partition coefficient (Wildman–Crippen LogP) is 2.04. The molecular formula is C15H16N4O. The first-order chi connectivity index (χ1) is 9.83. The van der Waals surface area contributed by atoms with Gasteiger partial charge in [0.05, 0.1) is 11.9 Å². The van der Waals surface area contributed by atoms with Gasteiger partial charge in [-0.3, -0.25) is 4.98 Å². The van der Waals surface area contributed by atoms with Gasteiger partial charge in [-0.25, -0.2) is 4.98 Å². The Bertz CT molecular complexity index is 590. The predicted molar refractivity (Wildman–Crippen MR) is 74.9 cm³/mol. The van der Waals surface area contributed by atoms with Crippen LogP contribution in [0, 0.1) is 11.3 Å². The zero-order valence-electron chi connectivity index (χ0n) is 11.3. The minimum absolute atomic E-state index is 0.310. The van der Waals surface area contributed by atoms with Gasteiger partial charge in [-0.15, -0.1) is 0 Å². The SMILES string of the molecule is CCNCc1ccc(OCc2cccnc2C#N)cn1. The van der Waals surface area contributed by atoms with Crippen LogP contribution in [0.15, 0.2) is 36.7 Å². The second-order valence-corrected chi connectivity index (χ2v) is 4.18. The molecule has 2 aromatic heterocycles. The minimum atomic E-state index is 0.310. The molecule has 2 aromatic rings. The number of nitrogens with zero attached hydrogens (tertiary/aromatic N) is 3. The molecule has 0 amide bonds. The molecule has 1 N–H and O–H groups in total. The maximum Gasteiger partial charge on any atom is 0.147 e. The molecule has 5 heteroatoms. The molecule has 0 saturated carbocycles. The van der Waals surface area contributed by atoms with E-state index in [-0.39, 0.29) is 0 Å². The van der Waals surface area contributed by atoms with E-state index in [4.69, 9.17) is 10.00 Å².